The predicted molar refractivity (Wildman–Crippen MR) is 107 cm³/mol. The second kappa shape index (κ2) is 5.80. The first kappa shape index (κ1) is 16.8. The Bertz CT molecular complexity index is 845. The van der Waals surface area contributed by atoms with Gasteiger partial charge in [0.25, 0.3) is 0 Å². The van der Waals surface area contributed by atoms with Crippen molar-refractivity contribution in [1.29, 1.82) is 0 Å². The summed E-state index contributed by atoms with van der Waals surface area (Å²) in [7, 11) is 0. The number of nitrogens with one attached hydrogen (secondary N) is 1. The molecule has 4 fully saturated rings. The van der Waals surface area contributed by atoms with Gasteiger partial charge in [-0.05, 0) is 57.3 Å². The summed E-state index contributed by atoms with van der Waals surface area (Å²) in [5, 5.41) is 5.84. The minimum Gasteiger partial charge on any atom is -0.301 e. The first-order valence-corrected chi connectivity index (χ1v) is 10.7. The zero-order valence-corrected chi connectivity index (χ0v) is 16.5. The third-order valence-corrected chi connectivity index (χ3v) is 7.74. The van der Waals surface area contributed by atoms with Gasteiger partial charge in [0.2, 0.25) is 5.91 Å². The van der Waals surface area contributed by atoms with Crippen molar-refractivity contribution in [2.75, 3.05) is 5.32 Å². The summed E-state index contributed by atoms with van der Waals surface area (Å²) in [6, 6.07) is 8.32. The molecule has 1 heterocycles. The Hall–Kier alpha value is -1.39. The van der Waals surface area contributed by atoms with Crippen LogP contribution in [0.4, 0.5) is 5.13 Å². The molecule has 26 heavy (non-hydrogen) atoms. The lowest BCUT2D eigenvalue weighted by molar-refractivity contribution is -0.138. The SMILES string of the molecule is Cc1ccc(-c2csc(NC(=O)C34C[C@H]5C[C@@H](CC(Cl)(C5)C3)C4)n2)cc1. The number of hydrogen-bond donors (Lipinski definition) is 1. The van der Waals surface area contributed by atoms with Gasteiger partial charge in [0.15, 0.2) is 5.13 Å². The minimum atomic E-state index is -0.276. The lowest BCUT2D eigenvalue weighted by Crippen LogP contribution is -2.57. The molecule has 5 heteroatoms. The van der Waals surface area contributed by atoms with Crippen molar-refractivity contribution in [2.24, 2.45) is 17.3 Å². The third kappa shape index (κ3) is 2.78. The summed E-state index contributed by atoms with van der Waals surface area (Å²) < 4.78 is 0. The largest absolute Gasteiger partial charge is 0.301 e. The monoisotopic (exact) mass is 386 g/mol. The van der Waals surface area contributed by atoms with E-state index in [-0.39, 0.29) is 16.2 Å². The van der Waals surface area contributed by atoms with E-state index in [1.165, 1.54) is 23.3 Å². The van der Waals surface area contributed by atoms with Crippen LogP contribution in [0, 0.1) is 24.2 Å². The molecular weight excluding hydrogens is 364 g/mol. The Morgan fingerprint density at radius 2 is 1.88 bits per heavy atom. The standard InChI is InChI=1S/C21H23ClN2OS/c1-13-2-4-16(5-3-13)17-11-26-19(23-17)24-18(25)20-7-14-6-15(8-20)10-21(22,9-14)12-20/h2-5,11,14-15H,6-10,12H2,1H3,(H,23,24,25)/t14-,15-,20?,21?/m1/s1. The molecule has 1 aromatic heterocycles. The van der Waals surface area contributed by atoms with Crippen molar-refractivity contribution in [1.82, 2.24) is 4.98 Å². The van der Waals surface area contributed by atoms with Crippen LogP contribution < -0.4 is 5.32 Å². The number of aryl methyl sites for hydroxylation is 1. The minimum absolute atomic E-state index is 0.140. The molecule has 4 aliphatic rings. The van der Waals surface area contributed by atoms with E-state index in [0.717, 1.165) is 43.4 Å². The van der Waals surface area contributed by atoms with Gasteiger partial charge in [-0.3, -0.25) is 4.79 Å². The average molecular weight is 387 g/mol. The summed E-state index contributed by atoms with van der Waals surface area (Å²) in [4.78, 5) is 17.7. The van der Waals surface area contributed by atoms with Crippen LogP contribution in [0.5, 0.6) is 0 Å². The predicted octanol–water partition coefficient (Wildman–Crippen LogP) is 5.63. The molecule has 4 bridgehead atoms. The van der Waals surface area contributed by atoms with E-state index in [9.17, 15) is 4.79 Å². The van der Waals surface area contributed by atoms with Crippen LogP contribution in [-0.2, 0) is 4.79 Å². The topological polar surface area (TPSA) is 42.0 Å². The van der Waals surface area contributed by atoms with Crippen LogP contribution in [0.15, 0.2) is 29.6 Å². The highest BCUT2D eigenvalue weighted by molar-refractivity contribution is 7.14. The van der Waals surface area contributed by atoms with Gasteiger partial charge in [-0.15, -0.1) is 22.9 Å². The summed E-state index contributed by atoms with van der Waals surface area (Å²) in [6.07, 6.45) is 6.28. The lowest BCUT2D eigenvalue weighted by Gasteiger charge is -2.59. The lowest BCUT2D eigenvalue weighted by atomic mass is 9.49. The van der Waals surface area contributed by atoms with Crippen LogP contribution in [0.3, 0.4) is 0 Å². The van der Waals surface area contributed by atoms with Crippen LogP contribution in [0.2, 0.25) is 0 Å². The molecule has 136 valence electrons. The number of anilines is 1. The Morgan fingerprint density at radius 1 is 1.19 bits per heavy atom. The molecule has 2 atom stereocenters. The van der Waals surface area contributed by atoms with Gasteiger partial charge in [-0.2, -0.15) is 0 Å². The summed E-state index contributed by atoms with van der Waals surface area (Å²) in [6.45, 7) is 2.07. The van der Waals surface area contributed by atoms with Crippen LogP contribution in [0.25, 0.3) is 11.3 Å². The smallest absolute Gasteiger partial charge is 0.232 e. The van der Waals surface area contributed by atoms with E-state index >= 15 is 0 Å². The molecule has 6 rings (SSSR count). The van der Waals surface area contributed by atoms with E-state index in [1.807, 2.05) is 5.38 Å². The number of rotatable bonds is 3. The molecule has 0 radical (unpaired) electrons. The maximum absolute atomic E-state index is 13.2. The van der Waals surface area contributed by atoms with Gasteiger partial charge in [0, 0.05) is 15.8 Å². The van der Waals surface area contributed by atoms with E-state index in [0.29, 0.717) is 17.0 Å². The molecule has 1 N–H and O–H groups in total. The van der Waals surface area contributed by atoms with Crippen molar-refractivity contribution >= 4 is 34.0 Å². The number of amides is 1. The van der Waals surface area contributed by atoms with E-state index in [1.54, 1.807) is 0 Å². The van der Waals surface area contributed by atoms with E-state index < -0.39 is 0 Å². The number of carbonyl (C=O) groups is 1. The third-order valence-electron chi connectivity index (χ3n) is 6.54. The van der Waals surface area contributed by atoms with Crippen molar-refractivity contribution in [2.45, 2.75) is 50.3 Å². The molecule has 1 aromatic carbocycles. The fourth-order valence-electron chi connectivity index (χ4n) is 5.83. The molecule has 1 amide bonds. The van der Waals surface area contributed by atoms with Crippen LogP contribution in [0.1, 0.15) is 44.1 Å². The Labute approximate surface area is 163 Å². The fourth-order valence-corrected chi connectivity index (χ4v) is 7.24. The summed E-state index contributed by atoms with van der Waals surface area (Å²) in [5.41, 5.74) is 2.96. The molecule has 4 aliphatic carbocycles. The number of hydrogen-bond acceptors (Lipinski definition) is 3. The molecule has 0 unspecified atom stereocenters. The number of nitrogens with zero attached hydrogens (tertiary/aromatic N) is 1. The quantitative estimate of drug-likeness (QED) is 0.694. The summed E-state index contributed by atoms with van der Waals surface area (Å²) >= 11 is 8.38. The molecule has 4 saturated carbocycles. The zero-order valence-electron chi connectivity index (χ0n) is 14.9. The number of aromatic nitrogens is 1. The molecule has 3 nitrogen and oxygen atoms in total. The van der Waals surface area contributed by atoms with Crippen LogP contribution >= 0.6 is 22.9 Å². The average Bonchev–Trinajstić information content (AvgIpc) is 3.01. The second-order valence-electron chi connectivity index (χ2n) is 8.75. The number of benzene rings is 1. The molecule has 2 aromatic rings. The first-order valence-electron chi connectivity index (χ1n) is 9.46. The maximum atomic E-state index is 13.2. The van der Waals surface area contributed by atoms with Crippen molar-refractivity contribution < 1.29 is 4.79 Å². The maximum Gasteiger partial charge on any atom is 0.232 e. The highest BCUT2D eigenvalue weighted by Crippen LogP contribution is 2.64. The number of carbonyl (C=O) groups excluding carboxylic acids is 1. The molecule has 0 spiro atoms. The zero-order chi connectivity index (χ0) is 17.9. The Morgan fingerprint density at radius 3 is 2.54 bits per heavy atom. The highest BCUT2D eigenvalue weighted by atomic mass is 35.5. The Balaban J connectivity index is 1.36. The highest BCUT2D eigenvalue weighted by Gasteiger charge is 2.60. The van der Waals surface area contributed by atoms with Gasteiger partial charge in [-0.25, -0.2) is 4.98 Å². The summed E-state index contributed by atoms with van der Waals surface area (Å²) in [5.74, 6) is 1.39. The second-order valence-corrected chi connectivity index (χ2v) is 10.4. The van der Waals surface area contributed by atoms with Crippen molar-refractivity contribution in [3.8, 4) is 11.3 Å². The van der Waals surface area contributed by atoms with Crippen molar-refractivity contribution in [3.63, 3.8) is 0 Å². The van der Waals surface area contributed by atoms with Gasteiger partial charge in [-0.1, -0.05) is 29.8 Å². The first-order chi connectivity index (χ1) is 12.4. The molecule has 0 aliphatic heterocycles. The van der Waals surface area contributed by atoms with Gasteiger partial charge in [0.05, 0.1) is 11.1 Å². The number of halogens is 1. The van der Waals surface area contributed by atoms with Crippen LogP contribution in [-0.4, -0.2) is 15.8 Å². The van der Waals surface area contributed by atoms with Gasteiger partial charge in [0.1, 0.15) is 0 Å². The Kier molecular flexibility index (Phi) is 3.74. The van der Waals surface area contributed by atoms with Crippen molar-refractivity contribution in [3.05, 3.63) is 35.2 Å². The number of thiazole rings is 1. The fraction of sp³-hybridized carbons (Fsp3) is 0.524. The van der Waals surface area contributed by atoms with Gasteiger partial charge >= 0.3 is 0 Å². The van der Waals surface area contributed by atoms with E-state index in [4.69, 9.17) is 11.6 Å². The number of alkyl halides is 1. The van der Waals surface area contributed by atoms with E-state index in [2.05, 4.69) is 41.5 Å². The molecular formula is C21H23ClN2OS. The molecule has 0 saturated heterocycles. The van der Waals surface area contributed by atoms with Gasteiger partial charge < -0.3 is 5.32 Å². The normalized spacial score (nSPS) is 34.8.